The summed E-state index contributed by atoms with van der Waals surface area (Å²) in [6.45, 7) is 9.21. The van der Waals surface area contributed by atoms with E-state index in [1.807, 2.05) is 35.3 Å². The molecular formula is C19H30IN3O2. The third-order valence-corrected chi connectivity index (χ3v) is 4.35. The summed E-state index contributed by atoms with van der Waals surface area (Å²) in [7, 11) is 0. The summed E-state index contributed by atoms with van der Waals surface area (Å²) < 4.78 is 0. The van der Waals surface area contributed by atoms with Gasteiger partial charge >= 0.3 is 6.03 Å². The summed E-state index contributed by atoms with van der Waals surface area (Å²) in [5, 5.41) is 2.85. The van der Waals surface area contributed by atoms with E-state index in [4.69, 9.17) is 0 Å². The second-order valence-corrected chi connectivity index (χ2v) is 6.22. The molecule has 2 rings (SSSR count). The summed E-state index contributed by atoms with van der Waals surface area (Å²) >= 11 is 2.15. The van der Waals surface area contributed by atoms with Crippen LogP contribution in [0.15, 0.2) is 30.3 Å². The van der Waals surface area contributed by atoms with Crippen molar-refractivity contribution < 1.29 is 9.59 Å². The normalized spacial score (nSPS) is 19.7. The maximum atomic E-state index is 12.8. The molecule has 1 heterocycles. The van der Waals surface area contributed by atoms with Crippen LogP contribution in [0.5, 0.6) is 0 Å². The molecule has 0 radical (unpaired) electrons. The second-order valence-electron chi connectivity index (χ2n) is 6.22. The highest BCUT2D eigenvalue weighted by atomic mass is 127. The SMILES string of the molecule is CCCN(CCC)CCN1C(=O)NC(C)(c2ccccc2)C1=O.CI. The lowest BCUT2D eigenvalue weighted by molar-refractivity contribution is -0.131. The molecule has 1 atom stereocenters. The van der Waals surface area contributed by atoms with Gasteiger partial charge in [0.15, 0.2) is 0 Å². The molecule has 1 aliphatic rings. The standard InChI is InChI=1S/C18H27N3O2.CH3I/c1-4-11-20(12-5-2)13-14-21-16(22)18(3,19-17(21)23)15-9-7-6-8-10-15;1-2/h6-10H,4-5,11-14H2,1-3H3,(H,19,23);1H3. The van der Waals surface area contributed by atoms with Crippen LogP contribution in [0.3, 0.4) is 0 Å². The number of amides is 3. The Kier molecular flexibility index (Phi) is 9.42. The highest BCUT2D eigenvalue weighted by Gasteiger charge is 2.48. The molecule has 1 N–H and O–H groups in total. The second kappa shape index (κ2) is 10.8. The van der Waals surface area contributed by atoms with Gasteiger partial charge in [-0.05, 0) is 43.3 Å². The molecule has 1 aliphatic heterocycles. The Bertz CT molecular complexity index is 547. The van der Waals surface area contributed by atoms with Gasteiger partial charge in [-0.15, -0.1) is 0 Å². The zero-order chi connectivity index (χ0) is 18.9. The number of nitrogens with zero attached hydrogens (tertiary/aromatic N) is 2. The number of imide groups is 1. The van der Waals surface area contributed by atoms with Crippen LogP contribution in [-0.2, 0) is 10.3 Å². The number of carbonyl (C=O) groups excluding carboxylic acids is 2. The van der Waals surface area contributed by atoms with Gasteiger partial charge in [0.2, 0.25) is 0 Å². The number of nitrogens with one attached hydrogen (secondary N) is 1. The number of hydrogen-bond acceptors (Lipinski definition) is 3. The largest absolute Gasteiger partial charge is 0.325 e. The summed E-state index contributed by atoms with van der Waals surface area (Å²) in [6.07, 6.45) is 2.14. The van der Waals surface area contributed by atoms with E-state index in [9.17, 15) is 9.59 Å². The van der Waals surface area contributed by atoms with Gasteiger partial charge < -0.3 is 10.2 Å². The summed E-state index contributed by atoms with van der Waals surface area (Å²) in [5.41, 5.74) is -0.140. The smallest absolute Gasteiger partial charge is 0.319 e. The zero-order valence-corrected chi connectivity index (χ0v) is 17.9. The minimum absolute atomic E-state index is 0.165. The van der Waals surface area contributed by atoms with Crippen molar-refractivity contribution in [2.75, 3.05) is 31.1 Å². The van der Waals surface area contributed by atoms with E-state index < -0.39 is 5.54 Å². The van der Waals surface area contributed by atoms with Crippen molar-refractivity contribution in [2.45, 2.75) is 39.2 Å². The van der Waals surface area contributed by atoms with Crippen LogP contribution in [-0.4, -0.2) is 52.8 Å². The van der Waals surface area contributed by atoms with Gasteiger partial charge in [-0.3, -0.25) is 9.69 Å². The molecule has 0 bridgehead atoms. The van der Waals surface area contributed by atoms with E-state index in [1.165, 1.54) is 4.90 Å². The van der Waals surface area contributed by atoms with Gasteiger partial charge in [0, 0.05) is 13.1 Å². The van der Waals surface area contributed by atoms with Crippen LogP contribution in [0, 0.1) is 0 Å². The summed E-state index contributed by atoms with van der Waals surface area (Å²) in [4.78, 5) is 30.7. The Hall–Kier alpha value is -1.15. The van der Waals surface area contributed by atoms with Gasteiger partial charge in [-0.2, -0.15) is 0 Å². The van der Waals surface area contributed by atoms with Gasteiger partial charge in [0.25, 0.3) is 5.91 Å². The first-order valence-corrected chi connectivity index (χ1v) is 11.0. The number of carbonyl (C=O) groups is 2. The molecule has 0 aromatic heterocycles. The molecule has 25 heavy (non-hydrogen) atoms. The van der Waals surface area contributed by atoms with Crippen LogP contribution >= 0.6 is 22.6 Å². The average molecular weight is 459 g/mol. The molecule has 0 spiro atoms. The fourth-order valence-electron chi connectivity index (χ4n) is 3.08. The fourth-order valence-corrected chi connectivity index (χ4v) is 3.08. The molecule has 3 amide bonds. The summed E-state index contributed by atoms with van der Waals surface area (Å²) in [6, 6.07) is 9.12. The van der Waals surface area contributed by atoms with E-state index in [1.54, 1.807) is 6.92 Å². The van der Waals surface area contributed by atoms with Gasteiger partial charge in [-0.25, -0.2) is 4.79 Å². The van der Waals surface area contributed by atoms with Crippen molar-refractivity contribution in [1.29, 1.82) is 0 Å². The van der Waals surface area contributed by atoms with E-state index >= 15 is 0 Å². The van der Waals surface area contributed by atoms with Crippen molar-refractivity contribution in [3.63, 3.8) is 0 Å². The van der Waals surface area contributed by atoms with E-state index in [-0.39, 0.29) is 11.9 Å². The number of halogens is 1. The first kappa shape index (κ1) is 21.9. The monoisotopic (exact) mass is 459 g/mol. The highest BCUT2D eigenvalue weighted by Crippen LogP contribution is 2.28. The van der Waals surface area contributed by atoms with Crippen molar-refractivity contribution in [1.82, 2.24) is 15.1 Å². The Morgan fingerprint density at radius 2 is 1.60 bits per heavy atom. The van der Waals surface area contributed by atoms with Gasteiger partial charge in [0.05, 0.1) is 0 Å². The first-order valence-electron chi connectivity index (χ1n) is 8.82. The molecule has 0 aliphatic carbocycles. The third kappa shape index (κ3) is 5.41. The van der Waals surface area contributed by atoms with Crippen LogP contribution in [0.2, 0.25) is 0 Å². The lowest BCUT2D eigenvalue weighted by Crippen LogP contribution is -2.42. The van der Waals surface area contributed by atoms with Crippen molar-refractivity contribution in [3.8, 4) is 0 Å². The quantitative estimate of drug-likeness (QED) is 0.367. The molecule has 1 aromatic carbocycles. The Morgan fingerprint density at radius 1 is 1.04 bits per heavy atom. The minimum Gasteiger partial charge on any atom is -0.319 e. The topological polar surface area (TPSA) is 52.6 Å². The number of benzene rings is 1. The molecule has 1 aromatic rings. The van der Waals surface area contributed by atoms with Crippen LogP contribution in [0.1, 0.15) is 39.2 Å². The van der Waals surface area contributed by atoms with Gasteiger partial charge in [-0.1, -0.05) is 66.8 Å². The molecule has 140 valence electrons. The lowest BCUT2D eigenvalue weighted by Gasteiger charge is -2.25. The van der Waals surface area contributed by atoms with Crippen LogP contribution < -0.4 is 5.32 Å². The predicted octanol–water partition coefficient (Wildman–Crippen LogP) is 3.63. The van der Waals surface area contributed by atoms with Crippen molar-refractivity contribution >= 4 is 34.5 Å². The maximum absolute atomic E-state index is 12.8. The first-order chi connectivity index (χ1) is 12.0. The van der Waals surface area contributed by atoms with Crippen molar-refractivity contribution in [2.24, 2.45) is 0 Å². The van der Waals surface area contributed by atoms with Crippen LogP contribution in [0.25, 0.3) is 0 Å². The number of urea groups is 1. The molecule has 1 fully saturated rings. The molecular weight excluding hydrogens is 429 g/mol. The minimum atomic E-state index is -0.960. The number of alkyl halides is 1. The molecule has 0 saturated carbocycles. The van der Waals surface area contributed by atoms with Gasteiger partial charge in [0.1, 0.15) is 5.54 Å². The average Bonchev–Trinajstić information content (AvgIpc) is 2.86. The lowest BCUT2D eigenvalue weighted by atomic mass is 9.92. The maximum Gasteiger partial charge on any atom is 0.325 e. The Morgan fingerprint density at radius 3 is 2.12 bits per heavy atom. The van der Waals surface area contributed by atoms with E-state index in [0.29, 0.717) is 6.54 Å². The van der Waals surface area contributed by atoms with Crippen molar-refractivity contribution in [3.05, 3.63) is 35.9 Å². The predicted molar refractivity (Wildman–Crippen MR) is 111 cm³/mol. The highest BCUT2D eigenvalue weighted by molar-refractivity contribution is 14.1. The zero-order valence-electron chi connectivity index (χ0n) is 15.7. The number of hydrogen-bond donors (Lipinski definition) is 1. The molecule has 6 heteroatoms. The fraction of sp³-hybridized carbons (Fsp3) is 0.579. The Balaban J connectivity index is 0.00000151. The van der Waals surface area contributed by atoms with E-state index in [0.717, 1.165) is 38.0 Å². The summed E-state index contributed by atoms with van der Waals surface area (Å²) in [5.74, 6) is -0.165. The van der Waals surface area contributed by atoms with E-state index in [2.05, 4.69) is 46.7 Å². The molecule has 5 nitrogen and oxygen atoms in total. The third-order valence-electron chi connectivity index (χ3n) is 4.35. The molecule has 1 unspecified atom stereocenters. The molecule has 1 saturated heterocycles. The Labute approximate surface area is 165 Å². The van der Waals surface area contributed by atoms with Crippen LogP contribution in [0.4, 0.5) is 4.79 Å². The number of rotatable bonds is 8.